The zero-order valence-electron chi connectivity index (χ0n) is 19.9. The molecular formula is C28H23F3N2O4. The van der Waals surface area contributed by atoms with Crippen molar-refractivity contribution in [2.75, 3.05) is 5.32 Å². The molecule has 0 bridgehead atoms. The van der Waals surface area contributed by atoms with E-state index in [2.05, 4.69) is 10.3 Å². The molecule has 3 aliphatic rings. The number of amides is 1. The smallest absolute Gasteiger partial charge is 0.416 e. The summed E-state index contributed by atoms with van der Waals surface area (Å²) >= 11 is 0. The summed E-state index contributed by atoms with van der Waals surface area (Å²) in [5.41, 5.74) is 1.25. The van der Waals surface area contributed by atoms with E-state index in [1.165, 1.54) is 12.1 Å². The Morgan fingerprint density at radius 1 is 1.16 bits per heavy atom. The number of aryl methyl sites for hydroxylation is 1. The molecule has 1 fully saturated rings. The largest absolute Gasteiger partial charge is 0.489 e. The summed E-state index contributed by atoms with van der Waals surface area (Å²) in [6.45, 7) is 1.66. The minimum atomic E-state index is -4.50. The van der Waals surface area contributed by atoms with Crippen molar-refractivity contribution in [1.82, 2.24) is 4.98 Å². The molecule has 1 saturated carbocycles. The van der Waals surface area contributed by atoms with E-state index in [-0.39, 0.29) is 53.6 Å². The van der Waals surface area contributed by atoms with Gasteiger partial charge in [0.1, 0.15) is 29.2 Å². The van der Waals surface area contributed by atoms with Gasteiger partial charge in [-0.1, -0.05) is 19.1 Å². The van der Waals surface area contributed by atoms with E-state index in [4.69, 9.17) is 9.47 Å². The second-order valence-electron chi connectivity index (χ2n) is 9.61. The molecule has 0 saturated heterocycles. The molecule has 6 nitrogen and oxygen atoms in total. The Hall–Kier alpha value is -3.88. The highest BCUT2D eigenvalue weighted by Gasteiger charge is 2.59. The van der Waals surface area contributed by atoms with Crippen molar-refractivity contribution in [1.29, 1.82) is 0 Å². The zero-order chi connectivity index (χ0) is 25.9. The third kappa shape index (κ3) is 4.22. The van der Waals surface area contributed by atoms with Gasteiger partial charge in [-0.25, -0.2) is 4.98 Å². The average molecular weight is 508 g/mol. The molecule has 0 spiro atoms. The number of rotatable bonds is 6. The van der Waals surface area contributed by atoms with E-state index in [1.54, 1.807) is 25.3 Å². The monoisotopic (exact) mass is 508 g/mol. The van der Waals surface area contributed by atoms with Crippen LogP contribution < -0.4 is 14.8 Å². The molecule has 1 aliphatic carbocycles. The van der Waals surface area contributed by atoms with Gasteiger partial charge < -0.3 is 14.8 Å². The highest BCUT2D eigenvalue weighted by Crippen LogP contribution is 2.60. The predicted octanol–water partition coefficient (Wildman–Crippen LogP) is 6.09. The predicted molar refractivity (Wildman–Crippen MR) is 128 cm³/mol. The fraction of sp³-hybridized carbons (Fsp3) is 0.321. The van der Waals surface area contributed by atoms with Gasteiger partial charge in [0, 0.05) is 47.6 Å². The van der Waals surface area contributed by atoms with Crippen LogP contribution in [0.25, 0.3) is 0 Å². The Labute approximate surface area is 210 Å². The molecule has 2 aliphatic heterocycles. The van der Waals surface area contributed by atoms with Gasteiger partial charge in [-0.05, 0) is 48.7 Å². The number of alkyl halides is 3. The summed E-state index contributed by atoms with van der Waals surface area (Å²) in [5.74, 6) is 1.92. The number of pyridine rings is 1. The second-order valence-corrected chi connectivity index (χ2v) is 9.61. The van der Waals surface area contributed by atoms with Crippen molar-refractivity contribution < 1.29 is 32.2 Å². The first-order valence-corrected chi connectivity index (χ1v) is 12.2. The molecule has 190 valence electrons. The van der Waals surface area contributed by atoms with Crippen LogP contribution in [0.3, 0.4) is 0 Å². The first kappa shape index (κ1) is 23.5. The molecule has 3 aromatic rings. The minimum absolute atomic E-state index is 0.00913. The number of carbonyl (C=O) groups is 2. The lowest BCUT2D eigenvalue weighted by Crippen LogP contribution is -2.20. The van der Waals surface area contributed by atoms with Gasteiger partial charge in [-0.3, -0.25) is 9.59 Å². The molecule has 1 aromatic heterocycles. The van der Waals surface area contributed by atoms with Crippen molar-refractivity contribution in [3.05, 3.63) is 76.5 Å². The Bertz CT molecular complexity index is 1440. The quantitative estimate of drug-likeness (QED) is 0.408. The van der Waals surface area contributed by atoms with Gasteiger partial charge >= 0.3 is 6.18 Å². The van der Waals surface area contributed by atoms with Crippen molar-refractivity contribution in [2.24, 2.45) is 5.92 Å². The van der Waals surface area contributed by atoms with E-state index in [9.17, 15) is 22.8 Å². The van der Waals surface area contributed by atoms with Crippen LogP contribution >= 0.6 is 0 Å². The Morgan fingerprint density at radius 2 is 2.00 bits per heavy atom. The number of carbonyl (C=O) groups excluding carboxylic acids is 2. The Balaban J connectivity index is 1.18. The second kappa shape index (κ2) is 8.61. The lowest BCUT2D eigenvalue weighted by Gasteiger charge is -2.19. The summed E-state index contributed by atoms with van der Waals surface area (Å²) in [6.07, 6.45) is -1.86. The number of aromatic nitrogens is 1. The number of fused-ring (bicyclic) bond motifs is 4. The molecule has 1 N–H and O–H groups in total. The number of benzene rings is 2. The lowest BCUT2D eigenvalue weighted by atomic mass is 9.96. The highest BCUT2D eigenvalue weighted by atomic mass is 19.4. The zero-order valence-corrected chi connectivity index (χ0v) is 19.9. The van der Waals surface area contributed by atoms with Gasteiger partial charge in [0.15, 0.2) is 5.78 Å². The summed E-state index contributed by atoms with van der Waals surface area (Å²) in [4.78, 5) is 28.8. The van der Waals surface area contributed by atoms with Crippen LogP contribution in [-0.2, 0) is 23.8 Å². The van der Waals surface area contributed by atoms with Crippen LogP contribution in [0.5, 0.6) is 17.2 Å². The summed E-state index contributed by atoms with van der Waals surface area (Å²) in [5, 5.41) is 2.75. The maximum Gasteiger partial charge on any atom is 0.416 e. The lowest BCUT2D eigenvalue weighted by molar-refractivity contribution is -0.138. The fourth-order valence-corrected chi connectivity index (χ4v) is 5.39. The van der Waals surface area contributed by atoms with Crippen molar-refractivity contribution >= 4 is 17.5 Å². The molecule has 9 heteroatoms. The Morgan fingerprint density at radius 3 is 2.78 bits per heavy atom. The SMILES string of the molecule is CCc1ccc(C(=O)C[C@@H]2[C@H]3Oc4ccc(Oc5ccnc6c5CCC(=O)N6)cc4[C@@H]23)cc1C(F)(F)F. The first-order valence-electron chi connectivity index (χ1n) is 12.2. The van der Waals surface area contributed by atoms with E-state index < -0.39 is 11.7 Å². The molecule has 3 heterocycles. The summed E-state index contributed by atoms with van der Waals surface area (Å²) < 4.78 is 52.5. The number of Topliss-reactive ketones (excluding diaryl/α,β-unsaturated/α-hetero) is 1. The maximum atomic E-state index is 13.4. The number of hydrogen-bond donors (Lipinski definition) is 1. The van der Waals surface area contributed by atoms with Gasteiger partial charge in [-0.2, -0.15) is 13.2 Å². The number of ether oxygens (including phenoxy) is 2. The van der Waals surface area contributed by atoms with Crippen LogP contribution in [0.4, 0.5) is 19.0 Å². The van der Waals surface area contributed by atoms with Gasteiger partial charge in [0.2, 0.25) is 5.91 Å². The number of anilines is 1. The molecule has 1 amide bonds. The van der Waals surface area contributed by atoms with E-state index in [1.807, 2.05) is 12.1 Å². The van der Waals surface area contributed by atoms with Crippen LogP contribution in [0.15, 0.2) is 48.7 Å². The van der Waals surface area contributed by atoms with E-state index >= 15 is 0 Å². The maximum absolute atomic E-state index is 13.4. The summed E-state index contributed by atoms with van der Waals surface area (Å²) in [7, 11) is 0. The number of hydrogen-bond acceptors (Lipinski definition) is 5. The third-order valence-corrected chi connectivity index (χ3v) is 7.34. The van der Waals surface area contributed by atoms with E-state index in [0.29, 0.717) is 30.2 Å². The molecule has 6 rings (SSSR count). The Kier molecular flexibility index (Phi) is 5.47. The molecule has 0 unspecified atom stereocenters. The van der Waals surface area contributed by atoms with Gasteiger partial charge in [0.05, 0.1) is 5.56 Å². The molecule has 37 heavy (non-hydrogen) atoms. The van der Waals surface area contributed by atoms with Crippen LogP contribution in [0, 0.1) is 5.92 Å². The molecule has 3 atom stereocenters. The van der Waals surface area contributed by atoms with Crippen LogP contribution in [0.2, 0.25) is 0 Å². The fourth-order valence-electron chi connectivity index (χ4n) is 5.39. The van der Waals surface area contributed by atoms with Crippen molar-refractivity contribution in [3.8, 4) is 17.2 Å². The number of nitrogens with zero attached hydrogens (tertiary/aromatic N) is 1. The third-order valence-electron chi connectivity index (χ3n) is 7.34. The highest BCUT2D eigenvalue weighted by molar-refractivity contribution is 5.97. The number of halogens is 3. The molecular weight excluding hydrogens is 485 g/mol. The van der Waals surface area contributed by atoms with Crippen LogP contribution in [-0.4, -0.2) is 22.8 Å². The van der Waals surface area contributed by atoms with Crippen LogP contribution in [0.1, 0.15) is 58.3 Å². The minimum Gasteiger partial charge on any atom is -0.489 e. The normalized spacial score (nSPS) is 21.3. The van der Waals surface area contributed by atoms with Crippen molar-refractivity contribution in [2.45, 2.75) is 50.8 Å². The van der Waals surface area contributed by atoms with Crippen molar-refractivity contribution in [3.63, 3.8) is 0 Å². The number of ketones is 1. The summed E-state index contributed by atoms with van der Waals surface area (Å²) in [6, 6.07) is 11.1. The van der Waals surface area contributed by atoms with E-state index in [0.717, 1.165) is 22.9 Å². The average Bonchev–Trinajstić information content (AvgIpc) is 3.39. The molecule has 0 radical (unpaired) electrons. The number of nitrogens with one attached hydrogen (secondary N) is 1. The molecule has 2 aromatic carbocycles. The van der Waals surface area contributed by atoms with Gasteiger partial charge in [0.25, 0.3) is 0 Å². The first-order chi connectivity index (χ1) is 17.7. The van der Waals surface area contributed by atoms with Gasteiger partial charge in [-0.15, -0.1) is 0 Å². The standard InChI is InChI=1S/C28H23F3N2O4/c1-2-14-3-4-15(11-20(14)28(29,30)31)21(34)13-19-25-18-12-16(5-7-22(18)37-26(19)25)36-23-9-10-32-27-17(23)6-8-24(35)33-27/h3-5,7,9-12,19,25-26H,2,6,8,13H2,1H3,(H,32,33,35)/t19-,25-,26+/m0/s1. The topological polar surface area (TPSA) is 77.5 Å².